The number of hydrogen-bond donors (Lipinski definition) is 1. The van der Waals surface area contributed by atoms with Crippen molar-refractivity contribution < 1.29 is 9.18 Å². The number of halogens is 1. The van der Waals surface area contributed by atoms with Crippen LogP contribution in [0.25, 0.3) is 10.9 Å². The van der Waals surface area contributed by atoms with Gasteiger partial charge in [0.25, 0.3) is 0 Å². The fourth-order valence-electron chi connectivity index (χ4n) is 4.34. The molecule has 1 N–H and O–H groups in total. The van der Waals surface area contributed by atoms with Crippen LogP contribution in [0.3, 0.4) is 0 Å². The Labute approximate surface area is 184 Å². The first-order valence-corrected chi connectivity index (χ1v) is 10.8. The fourth-order valence-corrected chi connectivity index (χ4v) is 4.34. The van der Waals surface area contributed by atoms with Gasteiger partial charge in [-0.25, -0.2) is 13.9 Å². The summed E-state index contributed by atoms with van der Waals surface area (Å²) < 4.78 is 18.2. The summed E-state index contributed by atoms with van der Waals surface area (Å²) in [5, 5.41) is 8.72. The predicted octanol–water partition coefficient (Wildman–Crippen LogP) is 2.71. The molecule has 0 saturated heterocycles. The van der Waals surface area contributed by atoms with Gasteiger partial charge in [-0.15, -0.1) is 0 Å². The number of amides is 1. The molecule has 164 valence electrons. The molecule has 0 fully saturated rings. The summed E-state index contributed by atoms with van der Waals surface area (Å²) in [6.07, 6.45) is 3.94. The van der Waals surface area contributed by atoms with Crippen LogP contribution >= 0.6 is 0 Å². The van der Waals surface area contributed by atoms with E-state index < -0.39 is 0 Å². The van der Waals surface area contributed by atoms with Crippen molar-refractivity contribution in [3.8, 4) is 0 Å². The van der Waals surface area contributed by atoms with Gasteiger partial charge in [-0.05, 0) is 48.1 Å². The molecule has 7 nitrogen and oxygen atoms in total. The highest BCUT2D eigenvalue weighted by Gasteiger charge is 2.22. The molecule has 0 bridgehead atoms. The summed E-state index contributed by atoms with van der Waals surface area (Å²) in [5.74, 6) is 0.384. The largest absolute Gasteiger partial charge is 0.352 e. The summed E-state index contributed by atoms with van der Waals surface area (Å²) in [6.45, 7) is 1.08. The number of para-hydroxylation sites is 1. The third-order valence-electron chi connectivity index (χ3n) is 6.02. The topological polar surface area (TPSA) is 73.8 Å². The van der Waals surface area contributed by atoms with Crippen molar-refractivity contribution >= 4 is 16.8 Å². The van der Waals surface area contributed by atoms with Crippen molar-refractivity contribution in [2.24, 2.45) is 0 Å². The summed E-state index contributed by atoms with van der Waals surface area (Å²) >= 11 is 0. The van der Waals surface area contributed by atoms with Gasteiger partial charge in [0.1, 0.15) is 18.2 Å². The lowest BCUT2D eigenvalue weighted by Gasteiger charge is -2.16. The van der Waals surface area contributed by atoms with E-state index in [4.69, 9.17) is 0 Å². The van der Waals surface area contributed by atoms with Crippen LogP contribution in [0.1, 0.15) is 24.2 Å². The molecule has 4 aromatic rings. The third-order valence-corrected chi connectivity index (χ3v) is 6.02. The molecule has 1 aliphatic rings. The first-order valence-electron chi connectivity index (χ1n) is 10.8. The lowest BCUT2D eigenvalue weighted by Crippen LogP contribution is -2.37. The van der Waals surface area contributed by atoms with Crippen molar-refractivity contribution in [2.75, 3.05) is 0 Å². The molecule has 0 aliphatic carbocycles. The third kappa shape index (κ3) is 4.08. The van der Waals surface area contributed by atoms with Gasteiger partial charge in [-0.3, -0.25) is 9.36 Å². The van der Waals surface area contributed by atoms with Crippen LogP contribution in [-0.4, -0.2) is 30.9 Å². The van der Waals surface area contributed by atoms with Crippen molar-refractivity contribution in [1.29, 1.82) is 0 Å². The predicted molar refractivity (Wildman–Crippen MR) is 119 cm³/mol. The standard InChI is InChI=1S/C24H24FN5O2/c25-19-7-5-17(6-8-19)15-30-24(32)29-14-12-20(9-10-22(29)27-30)26-23(31)16-28-13-11-18-3-1-2-4-21(18)28/h1-8,11,13,20H,9-10,12,14-16H2,(H,26,31). The van der Waals surface area contributed by atoms with Crippen LogP contribution in [0.4, 0.5) is 4.39 Å². The molecular weight excluding hydrogens is 409 g/mol. The first kappa shape index (κ1) is 20.2. The van der Waals surface area contributed by atoms with E-state index >= 15 is 0 Å². The second kappa shape index (κ2) is 8.45. The molecule has 3 heterocycles. The van der Waals surface area contributed by atoms with E-state index in [1.165, 1.54) is 16.8 Å². The van der Waals surface area contributed by atoms with Gasteiger partial charge in [0.2, 0.25) is 5.91 Å². The Bertz CT molecular complexity index is 1320. The maximum atomic E-state index is 13.1. The Kier molecular flexibility index (Phi) is 5.34. The Hall–Kier alpha value is -3.68. The SMILES string of the molecule is O=C(Cn1ccc2ccccc21)NC1CCc2nn(Cc3ccc(F)cc3)c(=O)n2CC1. The zero-order valence-corrected chi connectivity index (χ0v) is 17.6. The van der Waals surface area contributed by atoms with Gasteiger partial charge >= 0.3 is 5.69 Å². The lowest BCUT2D eigenvalue weighted by molar-refractivity contribution is -0.122. The molecule has 2 aromatic carbocycles. The smallest absolute Gasteiger partial charge is 0.346 e. The van der Waals surface area contributed by atoms with Crippen LogP contribution in [0.2, 0.25) is 0 Å². The van der Waals surface area contributed by atoms with Crippen LogP contribution in [0, 0.1) is 5.82 Å². The Balaban J connectivity index is 1.22. The molecule has 1 aliphatic heterocycles. The minimum absolute atomic E-state index is 0.00373. The number of benzene rings is 2. The molecule has 0 radical (unpaired) electrons. The van der Waals surface area contributed by atoms with Gasteiger partial charge in [0.15, 0.2) is 0 Å². The fraction of sp³-hybridized carbons (Fsp3) is 0.292. The number of carbonyl (C=O) groups is 1. The summed E-state index contributed by atoms with van der Waals surface area (Å²) in [7, 11) is 0. The van der Waals surface area contributed by atoms with E-state index in [0.29, 0.717) is 25.9 Å². The van der Waals surface area contributed by atoms with Gasteiger partial charge < -0.3 is 9.88 Å². The van der Waals surface area contributed by atoms with E-state index in [9.17, 15) is 14.0 Å². The average molecular weight is 433 g/mol. The maximum Gasteiger partial charge on any atom is 0.346 e. The Morgan fingerprint density at radius 1 is 1.09 bits per heavy atom. The maximum absolute atomic E-state index is 13.1. The molecule has 0 saturated carbocycles. The highest BCUT2D eigenvalue weighted by Crippen LogP contribution is 2.16. The normalized spacial score (nSPS) is 16.0. The van der Waals surface area contributed by atoms with Crippen LogP contribution < -0.4 is 11.0 Å². The van der Waals surface area contributed by atoms with Gasteiger partial charge in [-0.2, -0.15) is 5.10 Å². The molecule has 8 heteroatoms. The van der Waals surface area contributed by atoms with E-state index in [-0.39, 0.29) is 30.0 Å². The minimum atomic E-state index is -0.306. The highest BCUT2D eigenvalue weighted by atomic mass is 19.1. The number of carbonyl (C=O) groups excluding carboxylic acids is 1. The van der Waals surface area contributed by atoms with E-state index in [1.54, 1.807) is 16.7 Å². The van der Waals surface area contributed by atoms with Crippen molar-refractivity contribution in [1.82, 2.24) is 24.2 Å². The molecule has 1 amide bonds. The number of fused-ring (bicyclic) bond motifs is 2. The monoisotopic (exact) mass is 433 g/mol. The molecule has 0 spiro atoms. The summed E-state index contributed by atoms with van der Waals surface area (Å²) in [5.41, 5.74) is 1.69. The molecule has 1 atom stereocenters. The van der Waals surface area contributed by atoms with Crippen molar-refractivity contribution in [3.63, 3.8) is 0 Å². The van der Waals surface area contributed by atoms with Crippen molar-refractivity contribution in [3.05, 3.63) is 88.5 Å². The van der Waals surface area contributed by atoms with Crippen LogP contribution in [0.5, 0.6) is 0 Å². The van der Waals surface area contributed by atoms with Gasteiger partial charge in [0.05, 0.1) is 6.54 Å². The van der Waals surface area contributed by atoms with Crippen LogP contribution in [-0.2, 0) is 30.8 Å². The molecule has 5 rings (SSSR count). The van der Waals surface area contributed by atoms with E-state index in [1.807, 2.05) is 41.1 Å². The Morgan fingerprint density at radius 3 is 2.75 bits per heavy atom. The second-order valence-corrected chi connectivity index (χ2v) is 8.23. The minimum Gasteiger partial charge on any atom is -0.352 e. The van der Waals surface area contributed by atoms with E-state index in [2.05, 4.69) is 10.4 Å². The van der Waals surface area contributed by atoms with Crippen LogP contribution in [0.15, 0.2) is 65.6 Å². The molecule has 2 aromatic heterocycles. The quantitative estimate of drug-likeness (QED) is 0.526. The summed E-state index contributed by atoms with van der Waals surface area (Å²) in [4.78, 5) is 25.4. The average Bonchev–Trinajstić information content (AvgIpc) is 3.25. The number of nitrogens with zero attached hydrogens (tertiary/aromatic N) is 4. The van der Waals surface area contributed by atoms with Gasteiger partial charge in [0, 0.05) is 30.7 Å². The second-order valence-electron chi connectivity index (χ2n) is 8.23. The van der Waals surface area contributed by atoms with Gasteiger partial charge in [-0.1, -0.05) is 30.3 Å². The zero-order valence-electron chi connectivity index (χ0n) is 17.6. The lowest BCUT2D eigenvalue weighted by atomic mass is 10.1. The molecule has 1 unspecified atom stereocenters. The summed E-state index contributed by atoms with van der Waals surface area (Å²) in [6, 6.07) is 16.1. The number of aryl methyl sites for hydroxylation is 1. The number of aromatic nitrogens is 4. The number of rotatable bonds is 5. The highest BCUT2D eigenvalue weighted by molar-refractivity contribution is 5.83. The van der Waals surface area contributed by atoms with E-state index in [0.717, 1.165) is 28.7 Å². The van der Waals surface area contributed by atoms with Crippen molar-refractivity contribution in [2.45, 2.75) is 44.9 Å². The number of nitrogens with one attached hydrogen (secondary N) is 1. The zero-order chi connectivity index (χ0) is 22.1. The molecular formula is C24H24FN5O2. The molecule has 32 heavy (non-hydrogen) atoms. The number of hydrogen-bond acceptors (Lipinski definition) is 3. The first-order chi connectivity index (χ1) is 15.6. The Morgan fingerprint density at radius 2 is 1.91 bits per heavy atom.